The average Bonchev–Trinajstić information content (AvgIpc) is 2.86. The number of ether oxygens (including phenoxy) is 1. The van der Waals surface area contributed by atoms with Crippen LogP contribution >= 0.6 is 0 Å². The first-order valence-corrected chi connectivity index (χ1v) is 11.0. The Hall–Kier alpha value is -4.11. The van der Waals surface area contributed by atoms with Crippen molar-refractivity contribution in [1.29, 1.82) is 0 Å². The van der Waals surface area contributed by atoms with E-state index in [0.29, 0.717) is 28.5 Å². The van der Waals surface area contributed by atoms with Gasteiger partial charge in [0.05, 0.1) is 34.9 Å². The minimum atomic E-state index is -0.900. The molecule has 1 heterocycles. The van der Waals surface area contributed by atoms with Crippen molar-refractivity contribution in [2.24, 2.45) is 0 Å². The molecule has 0 radical (unpaired) electrons. The van der Waals surface area contributed by atoms with E-state index in [1.807, 2.05) is 6.07 Å². The Kier molecular flexibility index (Phi) is 7.17. The van der Waals surface area contributed by atoms with Crippen LogP contribution in [-0.2, 0) is 4.74 Å². The minimum absolute atomic E-state index is 0.129. The van der Waals surface area contributed by atoms with Gasteiger partial charge < -0.3 is 15.0 Å². The van der Waals surface area contributed by atoms with E-state index < -0.39 is 23.7 Å². The minimum Gasteiger partial charge on any atom is -0.383 e. The number of carbonyl (C=O) groups is 1. The molecular formula is C26H24F2N4O3. The molecule has 4 aromatic rings. The van der Waals surface area contributed by atoms with Gasteiger partial charge in [-0.25, -0.2) is 18.6 Å². The highest BCUT2D eigenvalue weighted by atomic mass is 19.1. The molecule has 9 heteroatoms. The number of urea groups is 1. The summed E-state index contributed by atoms with van der Waals surface area (Å²) in [6, 6.07) is 17.5. The Morgan fingerprint density at radius 2 is 1.80 bits per heavy atom. The normalized spacial score (nSPS) is 11.9. The van der Waals surface area contributed by atoms with Crippen molar-refractivity contribution >= 4 is 22.6 Å². The third-order valence-corrected chi connectivity index (χ3v) is 5.63. The number of rotatable bonds is 7. The van der Waals surface area contributed by atoms with E-state index >= 15 is 0 Å². The molecule has 7 nitrogen and oxygen atoms in total. The molecule has 3 aromatic carbocycles. The quantitative estimate of drug-likeness (QED) is 0.410. The molecule has 0 spiro atoms. The molecular weight excluding hydrogens is 454 g/mol. The maximum atomic E-state index is 14.2. The van der Waals surface area contributed by atoms with Crippen LogP contribution in [0.2, 0.25) is 0 Å². The largest absolute Gasteiger partial charge is 0.383 e. The van der Waals surface area contributed by atoms with E-state index in [4.69, 9.17) is 9.72 Å². The molecule has 4 rings (SSSR count). The molecule has 0 saturated heterocycles. The number of aromatic nitrogens is 2. The molecule has 1 aromatic heterocycles. The smallest absolute Gasteiger partial charge is 0.322 e. The van der Waals surface area contributed by atoms with Gasteiger partial charge in [0.15, 0.2) is 0 Å². The molecule has 0 bridgehead atoms. The third kappa shape index (κ3) is 5.04. The highest BCUT2D eigenvalue weighted by Crippen LogP contribution is 2.24. The fourth-order valence-electron chi connectivity index (χ4n) is 3.83. The van der Waals surface area contributed by atoms with E-state index in [-0.39, 0.29) is 24.4 Å². The number of nitrogens with one attached hydrogen (secondary N) is 1. The highest BCUT2D eigenvalue weighted by molar-refractivity contribution is 5.89. The first kappa shape index (κ1) is 24.0. The van der Waals surface area contributed by atoms with Gasteiger partial charge in [0.2, 0.25) is 0 Å². The van der Waals surface area contributed by atoms with Gasteiger partial charge in [0.1, 0.15) is 17.5 Å². The van der Waals surface area contributed by atoms with Gasteiger partial charge in [0, 0.05) is 19.7 Å². The summed E-state index contributed by atoms with van der Waals surface area (Å²) in [5.41, 5.74) is 0.635. The molecule has 0 fully saturated rings. The molecule has 0 aliphatic rings. The lowest BCUT2D eigenvalue weighted by Gasteiger charge is -2.30. The number of amides is 2. The molecule has 0 saturated carbocycles. The van der Waals surface area contributed by atoms with Gasteiger partial charge >= 0.3 is 6.03 Å². The fraction of sp³-hybridized carbons (Fsp3) is 0.192. The number of methoxy groups -OCH3 is 1. The van der Waals surface area contributed by atoms with Crippen LogP contribution in [0.3, 0.4) is 0 Å². The van der Waals surface area contributed by atoms with Crippen LogP contribution in [0.15, 0.2) is 77.6 Å². The number of para-hydroxylation sites is 2. The average molecular weight is 478 g/mol. The molecule has 0 aliphatic heterocycles. The summed E-state index contributed by atoms with van der Waals surface area (Å²) in [6.45, 7) is 2.04. The van der Waals surface area contributed by atoms with Crippen molar-refractivity contribution in [3.63, 3.8) is 0 Å². The first-order chi connectivity index (χ1) is 16.9. The molecule has 1 atom stereocenters. The molecule has 1 N–H and O–H groups in total. The van der Waals surface area contributed by atoms with Crippen LogP contribution in [0.1, 0.15) is 18.8 Å². The zero-order chi connectivity index (χ0) is 24.9. The van der Waals surface area contributed by atoms with E-state index in [0.717, 1.165) is 12.1 Å². The summed E-state index contributed by atoms with van der Waals surface area (Å²) in [7, 11) is 1.49. The Labute approximate surface area is 200 Å². The standard InChI is InChI=1S/C26H24F2N4O3/c1-17(31(14-15-35-2)26(34)30-23-13-12-18(27)16-21(23)28)24-29-22-11-7-6-10-20(22)25(33)32(24)19-8-4-3-5-9-19/h3-13,16-17H,14-15H2,1-2H3,(H,30,34). The van der Waals surface area contributed by atoms with Crippen molar-refractivity contribution in [1.82, 2.24) is 14.5 Å². The summed E-state index contributed by atoms with van der Waals surface area (Å²) in [5.74, 6) is -1.33. The van der Waals surface area contributed by atoms with Crippen molar-refractivity contribution < 1.29 is 18.3 Å². The van der Waals surface area contributed by atoms with Crippen LogP contribution in [-0.4, -0.2) is 40.7 Å². The van der Waals surface area contributed by atoms with Crippen molar-refractivity contribution in [3.05, 3.63) is 101 Å². The van der Waals surface area contributed by atoms with Gasteiger partial charge in [0.25, 0.3) is 5.56 Å². The molecule has 2 amide bonds. The third-order valence-electron chi connectivity index (χ3n) is 5.63. The van der Waals surface area contributed by atoms with E-state index in [1.165, 1.54) is 16.6 Å². The zero-order valence-electron chi connectivity index (χ0n) is 19.2. The van der Waals surface area contributed by atoms with Gasteiger partial charge in [-0.15, -0.1) is 0 Å². The number of halogens is 2. The van der Waals surface area contributed by atoms with E-state index in [2.05, 4.69) is 5.32 Å². The van der Waals surface area contributed by atoms with Crippen LogP contribution < -0.4 is 10.9 Å². The monoisotopic (exact) mass is 478 g/mol. The lowest BCUT2D eigenvalue weighted by atomic mass is 10.2. The molecule has 0 aliphatic carbocycles. The number of benzene rings is 3. The Morgan fingerprint density at radius 3 is 2.51 bits per heavy atom. The van der Waals surface area contributed by atoms with Crippen LogP contribution in [0.5, 0.6) is 0 Å². The number of carbonyl (C=O) groups excluding carboxylic acids is 1. The Bertz CT molecular complexity index is 1410. The van der Waals surface area contributed by atoms with Crippen LogP contribution in [0.25, 0.3) is 16.6 Å². The summed E-state index contributed by atoms with van der Waals surface area (Å²) in [5, 5.41) is 2.92. The van der Waals surface area contributed by atoms with Gasteiger partial charge in [-0.2, -0.15) is 0 Å². The Balaban J connectivity index is 1.81. The Morgan fingerprint density at radius 1 is 1.09 bits per heavy atom. The number of hydrogen-bond acceptors (Lipinski definition) is 4. The van der Waals surface area contributed by atoms with E-state index in [1.54, 1.807) is 55.5 Å². The molecule has 180 valence electrons. The van der Waals surface area contributed by atoms with Crippen molar-refractivity contribution in [2.75, 3.05) is 25.6 Å². The predicted molar refractivity (Wildman–Crippen MR) is 130 cm³/mol. The predicted octanol–water partition coefficient (Wildman–Crippen LogP) is 4.91. The highest BCUT2D eigenvalue weighted by Gasteiger charge is 2.27. The van der Waals surface area contributed by atoms with Crippen molar-refractivity contribution in [2.45, 2.75) is 13.0 Å². The molecule has 1 unspecified atom stereocenters. The van der Waals surface area contributed by atoms with Crippen molar-refractivity contribution in [3.8, 4) is 5.69 Å². The summed E-state index contributed by atoms with van der Waals surface area (Å²) >= 11 is 0. The van der Waals surface area contributed by atoms with E-state index in [9.17, 15) is 18.4 Å². The maximum Gasteiger partial charge on any atom is 0.322 e. The van der Waals surface area contributed by atoms with Crippen LogP contribution in [0, 0.1) is 11.6 Å². The zero-order valence-corrected chi connectivity index (χ0v) is 19.2. The first-order valence-electron chi connectivity index (χ1n) is 11.0. The van der Waals surface area contributed by atoms with Crippen LogP contribution in [0.4, 0.5) is 19.3 Å². The van der Waals surface area contributed by atoms with Gasteiger partial charge in [-0.3, -0.25) is 9.36 Å². The topological polar surface area (TPSA) is 76.5 Å². The van der Waals surface area contributed by atoms with Gasteiger partial charge in [-0.05, 0) is 43.3 Å². The fourth-order valence-corrected chi connectivity index (χ4v) is 3.83. The number of fused-ring (bicyclic) bond motifs is 1. The summed E-state index contributed by atoms with van der Waals surface area (Å²) in [4.78, 5) is 32.9. The molecule has 35 heavy (non-hydrogen) atoms. The summed E-state index contributed by atoms with van der Waals surface area (Å²) in [6.07, 6.45) is 0. The maximum absolute atomic E-state index is 14.2. The lowest BCUT2D eigenvalue weighted by molar-refractivity contribution is 0.137. The summed E-state index contributed by atoms with van der Waals surface area (Å²) < 4.78 is 34.2. The number of nitrogens with zero attached hydrogens (tertiary/aromatic N) is 3. The van der Waals surface area contributed by atoms with Gasteiger partial charge in [-0.1, -0.05) is 30.3 Å². The SMILES string of the molecule is COCCN(C(=O)Nc1ccc(F)cc1F)C(C)c1nc2ccccc2c(=O)n1-c1ccccc1. The lowest BCUT2D eigenvalue weighted by Crippen LogP contribution is -2.41. The number of anilines is 1. The second-order valence-electron chi connectivity index (χ2n) is 7.88. The number of hydrogen-bond donors (Lipinski definition) is 1. The second kappa shape index (κ2) is 10.4. The second-order valence-corrected chi connectivity index (χ2v) is 7.88.